The van der Waals surface area contributed by atoms with Crippen molar-refractivity contribution in [3.8, 4) is 5.82 Å². The van der Waals surface area contributed by atoms with E-state index in [2.05, 4.69) is 15.4 Å². The van der Waals surface area contributed by atoms with Crippen molar-refractivity contribution in [2.75, 3.05) is 5.32 Å². The summed E-state index contributed by atoms with van der Waals surface area (Å²) in [4.78, 5) is 17.3. The number of amides is 1. The summed E-state index contributed by atoms with van der Waals surface area (Å²) in [6, 6.07) is 13.2. The Balaban J connectivity index is 1.92. The van der Waals surface area contributed by atoms with Crippen molar-refractivity contribution >= 4 is 21.6 Å². The van der Waals surface area contributed by atoms with Crippen LogP contribution in [0.1, 0.15) is 50.7 Å². The van der Waals surface area contributed by atoms with E-state index in [0.717, 1.165) is 5.69 Å². The second-order valence-corrected chi connectivity index (χ2v) is 10.8. The Hall–Kier alpha value is -3.00. The van der Waals surface area contributed by atoms with Gasteiger partial charge in [0.1, 0.15) is 5.82 Å². The molecule has 0 radical (unpaired) electrons. The van der Waals surface area contributed by atoms with E-state index >= 15 is 0 Å². The zero-order valence-corrected chi connectivity index (χ0v) is 18.6. The number of benzene rings is 1. The van der Waals surface area contributed by atoms with Gasteiger partial charge >= 0.3 is 0 Å². The second-order valence-electron chi connectivity index (χ2n) is 8.34. The van der Waals surface area contributed by atoms with E-state index in [-0.39, 0.29) is 16.2 Å². The Morgan fingerprint density at radius 1 is 1.07 bits per heavy atom. The highest BCUT2D eigenvalue weighted by Gasteiger charge is 2.23. The first-order chi connectivity index (χ1) is 14.0. The van der Waals surface area contributed by atoms with Crippen LogP contribution in [0.25, 0.3) is 5.82 Å². The third-order valence-corrected chi connectivity index (χ3v) is 6.82. The largest absolute Gasteiger partial charge is 0.306 e. The van der Waals surface area contributed by atoms with E-state index in [1.54, 1.807) is 30.8 Å². The Labute approximate surface area is 177 Å². The van der Waals surface area contributed by atoms with Crippen LogP contribution in [0, 0.1) is 0 Å². The molecule has 3 rings (SSSR count). The number of rotatable bonds is 5. The summed E-state index contributed by atoms with van der Waals surface area (Å²) >= 11 is 0. The van der Waals surface area contributed by atoms with E-state index in [4.69, 9.17) is 0 Å². The lowest BCUT2D eigenvalue weighted by Crippen LogP contribution is -2.17. The standard InChI is InChI=1S/C22H26N4O3S/c1-15(2)30(28,29)17-11-9-16(10-12-17)21(27)24-20-14-18(22(3,4)5)25-26(20)19-8-6-7-13-23-19/h6-15H,1-5H3,(H,24,27). The van der Waals surface area contributed by atoms with Crippen molar-refractivity contribution in [3.05, 3.63) is 66.0 Å². The van der Waals surface area contributed by atoms with Crippen LogP contribution in [0.2, 0.25) is 0 Å². The molecule has 1 amide bonds. The minimum absolute atomic E-state index is 0.197. The van der Waals surface area contributed by atoms with Gasteiger partial charge in [-0.25, -0.2) is 13.4 Å². The number of pyridine rings is 1. The van der Waals surface area contributed by atoms with Gasteiger partial charge < -0.3 is 5.32 Å². The quantitative estimate of drug-likeness (QED) is 0.665. The van der Waals surface area contributed by atoms with E-state index in [9.17, 15) is 13.2 Å². The molecule has 0 atom stereocenters. The lowest BCUT2D eigenvalue weighted by molar-refractivity contribution is 0.102. The molecule has 2 heterocycles. The van der Waals surface area contributed by atoms with E-state index in [1.807, 2.05) is 39.0 Å². The van der Waals surface area contributed by atoms with Crippen LogP contribution in [0.4, 0.5) is 5.82 Å². The van der Waals surface area contributed by atoms with Gasteiger partial charge in [0.2, 0.25) is 0 Å². The van der Waals surface area contributed by atoms with E-state index in [0.29, 0.717) is 17.2 Å². The fourth-order valence-corrected chi connectivity index (χ4v) is 3.81. The molecule has 7 nitrogen and oxygen atoms in total. The molecule has 1 aromatic carbocycles. The number of nitrogens with zero attached hydrogens (tertiary/aromatic N) is 3. The van der Waals surface area contributed by atoms with Crippen LogP contribution in [0.5, 0.6) is 0 Å². The number of aromatic nitrogens is 3. The number of nitrogens with one attached hydrogen (secondary N) is 1. The molecule has 2 aromatic heterocycles. The molecule has 158 valence electrons. The van der Waals surface area contributed by atoms with Gasteiger partial charge in [-0.05, 0) is 50.2 Å². The number of carbonyl (C=O) groups excluding carboxylic acids is 1. The monoisotopic (exact) mass is 426 g/mol. The highest BCUT2D eigenvalue weighted by molar-refractivity contribution is 7.92. The molecule has 0 fully saturated rings. The molecule has 0 saturated carbocycles. The average Bonchev–Trinajstić information content (AvgIpc) is 3.13. The maximum Gasteiger partial charge on any atom is 0.256 e. The van der Waals surface area contributed by atoms with E-state index in [1.165, 1.54) is 24.3 Å². The summed E-state index contributed by atoms with van der Waals surface area (Å²) in [5.41, 5.74) is 0.942. The van der Waals surface area contributed by atoms with Gasteiger partial charge in [0.05, 0.1) is 15.8 Å². The highest BCUT2D eigenvalue weighted by atomic mass is 32.2. The number of sulfone groups is 1. The van der Waals surface area contributed by atoms with Crippen molar-refractivity contribution in [2.24, 2.45) is 0 Å². The molecular formula is C22H26N4O3S. The van der Waals surface area contributed by atoms with Crippen molar-refractivity contribution in [3.63, 3.8) is 0 Å². The number of hydrogen-bond donors (Lipinski definition) is 1. The van der Waals surface area contributed by atoms with Gasteiger partial charge in [-0.15, -0.1) is 0 Å². The first-order valence-electron chi connectivity index (χ1n) is 9.67. The molecule has 0 aliphatic heterocycles. The molecule has 3 aromatic rings. The number of hydrogen-bond acceptors (Lipinski definition) is 5. The van der Waals surface area contributed by atoms with Crippen molar-refractivity contribution in [1.29, 1.82) is 0 Å². The van der Waals surface area contributed by atoms with Crippen molar-refractivity contribution < 1.29 is 13.2 Å². The van der Waals surface area contributed by atoms with Gasteiger partial charge in [0, 0.05) is 23.2 Å². The second kappa shape index (κ2) is 8.02. The van der Waals surface area contributed by atoms with Gasteiger partial charge in [0.25, 0.3) is 5.91 Å². The highest BCUT2D eigenvalue weighted by Crippen LogP contribution is 2.26. The molecule has 0 spiro atoms. The molecule has 8 heteroatoms. The molecule has 30 heavy (non-hydrogen) atoms. The smallest absolute Gasteiger partial charge is 0.256 e. The Bertz CT molecular complexity index is 1140. The fraction of sp³-hybridized carbons (Fsp3) is 0.318. The lowest BCUT2D eigenvalue weighted by atomic mass is 9.92. The maximum absolute atomic E-state index is 12.8. The van der Waals surface area contributed by atoms with Crippen LogP contribution < -0.4 is 5.32 Å². The summed E-state index contributed by atoms with van der Waals surface area (Å²) in [7, 11) is -3.39. The first-order valence-corrected chi connectivity index (χ1v) is 11.2. The molecule has 0 aliphatic rings. The summed E-state index contributed by atoms with van der Waals surface area (Å²) in [5.74, 6) is 0.713. The molecule has 0 saturated heterocycles. The molecule has 0 aliphatic carbocycles. The Kier molecular flexibility index (Phi) is 5.81. The maximum atomic E-state index is 12.8. The third-order valence-electron chi connectivity index (χ3n) is 4.65. The van der Waals surface area contributed by atoms with Crippen LogP contribution in [0.15, 0.2) is 59.6 Å². The lowest BCUT2D eigenvalue weighted by Gasteiger charge is -2.13. The van der Waals surface area contributed by atoms with Gasteiger partial charge in [-0.1, -0.05) is 26.8 Å². The predicted octanol–water partition coefficient (Wildman–Crippen LogP) is 4.00. The molecule has 0 unspecified atom stereocenters. The minimum Gasteiger partial charge on any atom is -0.306 e. The van der Waals surface area contributed by atoms with Gasteiger partial charge in [0.15, 0.2) is 15.7 Å². The summed E-state index contributed by atoms with van der Waals surface area (Å²) in [6.07, 6.45) is 1.66. The van der Waals surface area contributed by atoms with Crippen LogP contribution >= 0.6 is 0 Å². The normalized spacial score (nSPS) is 12.2. The number of anilines is 1. The first kappa shape index (κ1) is 21.7. The third kappa shape index (κ3) is 4.43. The van der Waals surface area contributed by atoms with Crippen LogP contribution in [-0.2, 0) is 15.3 Å². The van der Waals surface area contributed by atoms with E-state index < -0.39 is 15.1 Å². The number of carbonyl (C=O) groups is 1. The summed E-state index contributed by atoms with van der Waals surface area (Å²) in [5, 5.41) is 6.97. The summed E-state index contributed by atoms with van der Waals surface area (Å²) < 4.78 is 26.2. The van der Waals surface area contributed by atoms with Crippen molar-refractivity contribution in [2.45, 2.75) is 50.2 Å². The zero-order chi connectivity index (χ0) is 22.1. The fourth-order valence-electron chi connectivity index (χ4n) is 2.75. The topological polar surface area (TPSA) is 94.0 Å². The van der Waals surface area contributed by atoms with Crippen molar-refractivity contribution in [1.82, 2.24) is 14.8 Å². The van der Waals surface area contributed by atoms with Crippen LogP contribution in [0.3, 0.4) is 0 Å². The predicted molar refractivity (Wildman–Crippen MR) is 117 cm³/mol. The Morgan fingerprint density at radius 3 is 2.27 bits per heavy atom. The molecule has 0 bridgehead atoms. The minimum atomic E-state index is -3.39. The average molecular weight is 427 g/mol. The SMILES string of the molecule is CC(C)S(=O)(=O)c1ccc(C(=O)Nc2cc(C(C)(C)C)nn2-c2ccccn2)cc1. The zero-order valence-electron chi connectivity index (χ0n) is 17.7. The summed E-state index contributed by atoms with van der Waals surface area (Å²) in [6.45, 7) is 9.37. The Morgan fingerprint density at radius 2 is 1.73 bits per heavy atom. The van der Waals surface area contributed by atoms with Crippen LogP contribution in [-0.4, -0.2) is 34.3 Å². The van der Waals surface area contributed by atoms with Gasteiger partial charge in [-0.3, -0.25) is 4.79 Å². The molecule has 1 N–H and O–H groups in total. The molecular weight excluding hydrogens is 400 g/mol. The van der Waals surface area contributed by atoms with Gasteiger partial charge in [-0.2, -0.15) is 9.78 Å².